The molecular weight excluding hydrogens is 372 g/mol. The number of benzene rings is 5. The summed E-state index contributed by atoms with van der Waals surface area (Å²) < 4.78 is 12.4. The summed E-state index contributed by atoms with van der Waals surface area (Å²) in [6.07, 6.45) is 0. The van der Waals surface area contributed by atoms with Crippen LogP contribution in [0, 0.1) is 0 Å². The average Bonchev–Trinajstić information content (AvgIpc) is 2.77. The molecule has 4 nitrogen and oxygen atoms in total. The number of nitrogens with two attached hydrogens (primary N) is 2. The van der Waals surface area contributed by atoms with Crippen LogP contribution in [0.5, 0.6) is 23.0 Å². The first-order valence-corrected chi connectivity index (χ1v) is 9.69. The van der Waals surface area contributed by atoms with Crippen molar-refractivity contribution >= 4 is 32.9 Å². The summed E-state index contributed by atoms with van der Waals surface area (Å²) in [7, 11) is 0. The van der Waals surface area contributed by atoms with E-state index < -0.39 is 0 Å². The molecule has 5 aromatic rings. The van der Waals surface area contributed by atoms with Crippen molar-refractivity contribution in [2.45, 2.75) is 0 Å². The predicted octanol–water partition coefficient (Wildman–Crippen LogP) is 6.74. The third-order valence-corrected chi connectivity index (χ3v) is 5.08. The van der Waals surface area contributed by atoms with Gasteiger partial charge in [0.15, 0.2) is 11.5 Å². The first kappa shape index (κ1) is 17.9. The van der Waals surface area contributed by atoms with Crippen LogP contribution in [0.4, 0.5) is 11.4 Å². The van der Waals surface area contributed by atoms with Crippen LogP contribution >= 0.6 is 0 Å². The Labute approximate surface area is 174 Å². The van der Waals surface area contributed by atoms with Crippen molar-refractivity contribution in [2.24, 2.45) is 0 Å². The second kappa shape index (κ2) is 7.33. The third-order valence-electron chi connectivity index (χ3n) is 5.08. The number of fused-ring (bicyclic) bond motifs is 2. The molecule has 0 atom stereocenters. The van der Waals surface area contributed by atoms with Crippen LogP contribution in [0.15, 0.2) is 97.1 Å². The predicted molar refractivity (Wildman–Crippen MR) is 123 cm³/mol. The van der Waals surface area contributed by atoms with Crippen LogP contribution in [0.2, 0.25) is 0 Å². The van der Waals surface area contributed by atoms with Crippen LogP contribution in [0.1, 0.15) is 0 Å². The zero-order valence-corrected chi connectivity index (χ0v) is 16.2. The summed E-state index contributed by atoms with van der Waals surface area (Å²) in [4.78, 5) is 0. The lowest BCUT2D eigenvalue weighted by Crippen LogP contribution is -1.98. The maximum atomic E-state index is 6.21. The fourth-order valence-electron chi connectivity index (χ4n) is 3.58. The molecule has 0 saturated carbocycles. The Morgan fingerprint density at radius 1 is 0.433 bits per heavy atom. The fraction of sp³-hybridized carbons (Fsp3) is 0. The Morgan fingerprint density at radius 2 is 0.867 bits per heavy atom. The molecule has 30 heavy (non-hydrogen) atoms. The van der Waals surface area contributed by atoms with Gasteiger partial charge in [0.2, 0.25) is 0 Å². The van der Waals surface area contributed by atoms with Crippen molar-refractivity contribution in [3.8, 4) is 23.0 Å². The summed E-state index contributed by atoms with van der Waals surface area (Å²) in [6.45, 7) is 0. The number of hydrogen-bond acceptors (Lipinski definition) is 4. The Bertz CT molecular complexity index is 1270. The standard InChI is InChI=1S/C26H20N2O2/c27-21-15-22(28)26(30-24-14-6-10-18-8-2-4-12-20(18)24)16-25(21)29-23-13-5-9-17-7-1-3-11-19(17)23/h1-16H,27-28H2. The molecule has 0 unspecified atom stereocenters. The van der Waals surface area contributed by atoms with Gasteiger partial charge in [-0.05, 0) is 29.0 Å². The van der Waals surface area contributed by atoms with E-state index in [9.17, 15) is 0 Å². The van der Waals surface area contributed by atoms with E-state index in [-0.39, 0.29) is 0 Å². The van der Waals surface area contributed by atoms with E-state index in [1.165, 1.54) is 0 Å². The van der Waals surface area contributed by atoms with Gasteiger partial charge in [-0.15, -0.1) is 0 Å². The Hall–Kier alpha value is -4.18. The maximum Gasteiger partial charge on any atom is 0.154 e. The second-order valence-electron chi connectivity index (χ2n) is 7.09. The van der Waals surface area contributed by atoms with Crippen LogP contribution in [0.3, 0.4) is 0 Å². The Balaban J connectivity index is 1.54. The maximum absolute atomic E-state index is 6.21. The SMILES string of the molecule is Nc1cc(N)c(Oc2cccc3ccccc23)cc1Oc1cccc2ccccc12. The van der Waals surface area contributed by atoms with Crippen LogP contribution < -0.4 is 20.9 Å². The van der Waals surface area contributed by atoms with E-state index in [0.717, 1.165) is 33.0 Å². The lowest BCUT2D eigenvalue weighted by Gasteiger charge is -2.15. The fourth-order valence-corrected chi connectivity index (χ4v) is 3.58. The molecule has 0 bridgehead atoms. The number of nitrogen functional groups attached to an aromatic ring is 2. The highest BCUT2D eigenvalue weighted by atomic mass is 16.5. The zero-order chi connectivity index (χ0) is 20.5. The zero-order valence-electron chi connectivity index (χ0n) is 16.2. The molecule has 5 rings (SSSR count). The highest BCUT2D eigenvalue weighted by Gasteiger charge is 2.13. The molecule has 0 aliphatic rings. The first-order chi connectivity index (χ1) is 14.7. The van der Waals surface area contributed by atoms with Gasteiger partial charge in [-0.25, -0.2) is 0 Å². The molecule has 0 heterocycles. The van der Waals surface area contributed by atoms with Crippen LogP contribution in [0.25, 0.3) is 21.5 Å². The van der Waals surface area contributed by atoms with Gasteiger partial charge in [0.25, 0.3) is 0 Å². The number of anilines is 2. The van der Waals surface area contributed by atoms with Crippen molar-refractivity contribution in [3.63, 3.8) is 0 Å². The van der Waals surface area contributed by atoms with Crippen molar-refractivity contribution in [3.05, 3.63) is 97.1 Å². The molecule has 0 fully saturated rings. The normalized spacial score (nSPS) is 10.9. The molecule has 146 valence electrons. The minimum atomic E-state index is 0.450. The summed E-state index contributed by atoms with van der Waals surface area (Å²) in [6, 6.07) is 31.4. The number of ether oxygens (including phenoxy) is 2. The van der Waals surface area contributed by atoms with Gasteiger partial charge in [0, 0.05) is 16.8 Å². The molecule has 0 saturated heterocycles. The van der Waals surface area contributed by atoms with E-state index in [0.29, 0.717) is 22.9 Å². The smallest absolute Gasteiger partial charge is 0.154 e. The van der Waals surface area contributed by atoms with Gasteiger partial charge >= 0.3 is 0 Å². The molecule has 0 radical (unpaired) electrons. The van der Waals surface area contributed by atoms with E-state index in [1.54, 1.807) is 12.1 Å². The highest BCUT2D eigenvalue weighted by molar-refractivity contribution is 5.89. The summed E-state index contributed by atoms with van der Waals surface area (Å²) >= 11 is 0. The molecule has 0 aliphatic heterocycles. The van der Waals surface area contributed by atoms with E-state index >= 15 is 0 Å². The quantitative estimate of drug-likeness (QED) is 0.332. The highest BCUT2D eigenvalue weighted by Crippen LogP contribution is 2.40. The summed E-state index contributed by atoms with van der Waals surface area (Å²) in [5.74, 6) is 2.44. The molecule has 5 aromatic carbocycles. The van der Waals surface area contributed by atoms with Crippen molar-refractivity contribution in [2.75, 3.05) is 11.5 Å². The van der Waals surface area contributed by atoms with Gasteiger partial charge in [-0.3, -0.25) is 0 Å². The molecule has 0 amide bonds. The lowest BCUT2D eigenvalue weighted by molar-refractivity contribution is 0.469. The minimum absolute atomic E-state index is 0.450. The first-order valence-electron chi connectivity index (χ1n) is 9.69. The van der Waals surface area contributed by atoms with Crippen LogP contribution in [-0.2, 0) is 0 Å². The second-order valence-corrected chi connectivity index (χ2v) is 7.09. The van der Waals surface area contributed by atoms with Crippen molar-refractivity contribution in [1.29, 1.82) is 0 Å². The van der Waals surface area contributed by atoms with E-state index in [4.69, 9.17) is 20.9 Å². The van der Waals surface area contributed by atoms with Gasteiger partial charge in [0.05, 0.1) is 11.4 Å². The minimum Gasteiger partial charge on any atom is -0.454 e. The van der Waals surface area contributed by atoms with Crippen molar-refractivity contribution < 1.29 is 9.47 Å². The largest absolute Gasteiger partial charge is 0.454 e. The lowest BCUT2D eigenvalue weighted by atomic mass is 10.1. The average molecular weight is 392 g/mol. The molecule has 0 aromatic heterocycles. The van der Waals surface area contributed by atoms with E-state index in [2.05, 4.69) is 0 Å². The molecule has 4 heteroatoms. The monoisotopic (exact) mass is 392 g/mol. The number of hydrogen-bond donors (Lipinski definition) is 2. The molecular formula is C26H20N2O2. The van der Waals surface area contributed by atoms with E-state index in [1.807, 2.05) is 84.9 Å². The van der Waals surface area contributed by atoms with Crippen molar-refractivity contribution in [1.82, 2.24) is 0 Å². The summed E-state index contributed by atoms with van der Waals surface area (Å²) in [5.41, 5.74) is 13.3. The number of rotatable bonds is 4. The summed E-state index contributed by atoms with van der Waals surface area (Å²) in [5, 5.41) is 4.20. The van der Waals surface area contributed by atoms with Crippen LogP contribution in [-0.4, -0.2) is 0 Å². The Morgan fingerprint density at radius 3 is 1.37 bits per heavy atom. The van der Waals surface area contributed by atoms with Gasteiger partial charge in [0.1, 0.15) is 11.5 Å². The Kier molecular flexibility index (Phi) is 4.37. The van der Waals surface area contributed by atoms with Gasteiger partial charge in [-0.2, -0.15) is 0 Å². The molecule has 4 N–H and O–H groups in total. The molecule has 0 aliphatic carbocycles. The molecule has 0 spiro atoms. The topological polar surface area (TPSA) is 70.5 Å². The van der Waals surface area contributed by atoms with Gasteiger partial charge < -0.3 is 20.9 Å². The van der Waals surface area contributed by atoms with Gasteiger partial charge in [-0.1, -0.05) is 72.8 Å². The third kappa shape index (κ3) is 3.25.